The van der Waals surface area contributed by atoms with Gasteiger partial charge in [0.05, 0.1) is 4.90 Å². The van der Waals surface area contributed by atoms with Crippen LogP contribution in [0.2, 0.25) is 0 Å². The van der Waals surface area contributed by atoms with Gasteiger partial charge in [0.25, 0.3) is 10.0 Å². The van der Waals surface area contributed by atoms with Crippen LogP contribution in [0.4, 0.5) is 0 Å². The monoisotopic (exact) mass is 269 g/mol. The molecule has 1 aromatic carbocycles. The number of hydrogen-bond acceptors (Lipinski definition) is 4. The maximum Gasteiger partial charge on any atom is 0.327 e. The number of nitrogens with zero attached hydrogens (tertiary/aromatic N) is 1. The fourth-order valence-electron chi connectivity index (χ4n) is 1.89. The summed E-state index contributed by atoms with van der Waals surface area (Å²) in [5, 5.41) is 8.95. The Kier molecular flexibility index (Phi) is 3.08. The summed E-state index contributed by atoms with van der Waals surface area (Å²) in [6.07, 6.45) is -0.0523. The van der Waals surface area contributed by atoms with E-state index in [1.165, 1.54) is 24.3 Å². The Labute approximate surface area is 104 Å². The molecular weight excluding hydrogens is 258 g/mol. The SMILES string of the molecule is O=C(O)[C@H]1CCC(=O)N1S(=O)(=O)c1ccccc1. The van der Waals surface area contributed by atoms with Gasteiger partial charge in [0, 0.05) is 6.42 Å². The van der Waals surface area contributed by atoms with Crippen molar-refractivity contribution in [2.75, 3.05) is 0 Å². The molecule has 1 saturated heterocycles. The zero-order valence-electron chi connectivity index (χ0n) is 9.31. The van der Waals surface area contributed by atoms with Crippen molar-refractivity contribution in [1.82, 2.24) is 4.31 Å². The number of benzene rings is 1. The summed E-state index contributed by atoms with van der Waals surface area (Å²) in [6.45, 7) is 0. The molecule has 0 bridgehead atoms. The molecule has 1 heterocycles. The smallest absolute Gasteiger partial charge is 0.327 e. The molecule has 1 amide bonds. The minimum absolute atomic E-state index is 0.0141. The second-order valence-corrected chi connectivity index (χ2v) is 5.72. The Hall–Kier alpha value is -1.89. The lowest BCUT2D eigenvalue weighted by Crippen LogP contribution is -2.42. The number of amides is 1. The summed E-state index contributed by atoms with van der Waals surface area (Å²) < 4.78 is 24.9. The van der Waals surface area contributed by atoms with Gasteiger partial charge in [-0.25, -0.2) is 17.5 Å². The van der Waals surface area contributed by atoms with Gasteiger partial charge in [-0.05, 0) is 18.6 Å². The minimum Gasteiger partial charge on any atom is -0.480 e. The van der Waals surface area contributed by atoms with Gasteiger partial charge >= 0.3 is 5.97 Å². The molecule has 6 nitrogen and oxygen atoms in total. The average Bonchev–Trinajstić information content (AvgIpc) is 2.73. The highest BCUT2D eigenvalue weighted by atomic mass is 32.2. The van der Waals surface area contributed by atoms with E-state index in [0.717, 1.165) is 0 Å². The maximum absolute atomic E-state index is 12.2. The molecule has 1 N–H and O–H groups in total. The Balaban J connectivity index is 2.46. The summed E-state index contributed by atoms with van der Waals surface area (Å²) in [5.74, 6) is -1.98. The van der Waals surface area contributed by atoms with E-state index in [-0.39, 0.29) is 17.7 Å². The predicted molar refractivity (Wildman–Crippen MR) is 61.1 cm³/mol. The number of rotatable bonds is 3. The van der Waals surface area contributed by atoms with Crippen molar-refractivity contribution < 1.29 is 23.1 Å². The zero-order chi connectivity index (χ0) is 13.3. The first-order chi connectivity index (χ1) is 8.44. The van der Waals surface area contributed by atoms with Gasteiger partial charge < -0.3 is 5.11 Å². The van der Waals surface area contributed by atoms with E-state index in [2.05, 4.69) is 0 Å². The molecule has 0 radical (unpaired) electrons. The topological polar surface area (TPSA) is 91.8 Å². The number of carbonyl (C=O) groups is 2. The average molecular weight is 269 g/mol. The fraction of sp³-hybridized carbons (Fsp3) is 0.273. The van der Waals surface area contributed by atoms with Crippen LogP contribution in [-0.4, -0.2) is 35.7 Å². The van der Waals surface area contributed by atoms with Crippen LogP contribution < -0.4 is 0 Å². The largest absolute Gasteiger partial charge is 0.480 e. The summed E-state index contributed by atoms with van der Waals surface area (Å²) in [6, 6.07) is 6.04. The molecule has 1 aromatic rings. The van der Waals surface area contributed by atoms with E-state index in [0.29, 0.717) is 4.31 Å². The van der Waals surface area contributed by atoms with Crippen LogP contribution in [-0.2, 0) is 19.6 Å². The van der Waals surface area contributed by atoms with Crippen LogP contribution >= 0.6 is 0 Å². The quantitative estimate of drug-likeness (QED) is 0.860. The van der Waals surface area contributed by atoms with Gasteiger partial charge in [0.1, 0.15) is 6.04 Å². The second kappa shape index (κ2) is 4.41. The molecule has 1 fully saturated rings. The molecule has 1 aliphatic rings. The number of aliphatic carboxylic acids is 1. The molecule has 1 atom stereocenters. The Morgan fingerprint density at radius 2 is 1.89 bits per heavy atom. The summed E-state index contributed by atoms with van der Waals surface area (Å²) in [5.41, 5.74) is 0. The van der Waals surface area contributed by atoms with Crippen LogP contribution in [0.3, 0.4) is 0 Å². The van der Waals surface area contributed by atoms with E-state index < -0.39 is 27.9 Å². The van der Waals surface area contributed by atoms with Crippen LogP contribution in [0.1, 0.15) is 12.8 Å². The number of carbonyl (C=O) groups excluding carboxylic acids is 1. The third kappa shape index (κ3) is 1.97. The van der Waals surface area contributed by atoms with Gasteiger partial charge in [-0.15, -0.1) is 0 Å². The van der Waals surface area contributed by atoms with E-state index in [9.17, 15) is 18.0 Å². The first-order valence-electron chi connectivity index (χ1n) is 5.29. The molecule has 18 heavy (non-hydrogen) atoms. The van der Waals surface area contributed by atoms with Gasteiger partial charge in [-0.2, -0.15) is 0 Å². The highest BCUT2D eigenvalue weighted by molar-refractivity contribution is 7.89. The molecule has 0 aromatic heterocycles. The molecule has 1 aliphatic heterocycles. The molecule has 2 rings (SSSR count). The first-order valence-corrected chi connectivity index (χ1v) is 6.73. The highest BCUT2D eigenvalue weighted by Crippen LogP contribution is 2.27. The lowest BCUT2D eigenvalue weighted by molar-refractivity contribution is -0.143. The van der Waals surface area contributed by atoms with Crippen molar-refractivity contribution >= 4 is 21.9 Å². The molecule has 0 aliphatic carbocycles. The molecule has 96 valence electrons. The Bertz CT molecular complexity index is 581. The maximum atomic E-state index is 12.2. The van der Waals surface area contributed by atoms with Gasteiger partial charge in [-0.1, -0.05) is 18.2 Å². The van der Waals surface area contributed by atoms with Crippen LogP contribution in [0, 0.1) is 0 Å². The van der Waals surface area contributed by atoms with Gasteiger partial charge in [-0.3, -0.25) is 4.79 Å². The van der Waals surface area contributed by atoms with Crippen molar-refractivity contribution in [3.8, 4) is 0 Å². The number of carboxylic acid groups (broad SMARTS) is 1. The number of carboxylic acids is 1. The molecule has 7 heteroatoms. The molecule has 0 unspecified atom stereocenters. The minimum atomic E-state index is -4.08. The summed E-state index contributed by atoms with van der Waals surface area (Å²) >= 11 is 0. The van der Waals surface area contributed by atoms with E-state index in [1.807, 2.05) is 0 Å². The van der Waals surface area contributed by atoms with Gasteiger partial charge in [0.15, 0.2) is 0 Å². The lowest BCUT2D eigenvalue weighted by atomic mass is 10.2. The number of hydrogen-bond donors (Lipinski definition) is 1. The van der Waals surface area contributed by atoms with Crippen molar-refractivity contribution in [2.24, 2.45) is 0 Å². The van der Waals surface area contributed by atoms with Crippen molar-refractivity contribution in [1.29, 1.82) is 0 Å². The third-order valence-corrected chi connectivity index (χ3v) is 4.59. The standard InChI is InChI=1S/C11H11NO5S/c13-10-7-6-9(11(14)15)12(10)18(16,17)8-4-2-1-3-5-8/h1-5,9H,6-7H2,(H,14,15)/t9-/m1/s1. The normalized spacial score (nSPS) is 20.1. The highest BCUT2D eigenvalue weighted by Gasteiger charge is 2.44. The molecule has 0 spiro atoms. The van der Waals surface area contributed by atoms with Crippen molar-refractivity contribution in [3.63, 3.8) is 0 Å². The lowest BCUT2D eigenvalue weighted by Gasteiger charge is -2.21. The number of sulfonamides is 1. The van der Waals surface area contributed by atoms with Crippen LogP contribution in [0.5, 0.6) is 0 Å². The summed E-state index contributed by atoms with van der Waals surface area (Å²) in [7, 11) is -4.08. The van der Waals surface area contributed by atoms with E-state index in [4.69, 9.17) is 5.11 Å². The Morgan fingerprint density at radius 1 is 1.28 bits per heavy atom. The first kappa shape index (κ1) is 12.6. The molecule has 0 saturated carbocycles. The second-order valence-electron chi connectivity index (χ2n) is 3.90. The summed E-state index contributed by atoms with van der Waals surface area (Å²) in [4.78, 5) is 22.5. The Morgan fingerprint density at radius 3 is 2.44 bits per heavy atom. The van der Waals surface area contributed by atoms with Crippen molar-refractivity contribution in [3.05, 3.63) is 30.3 Å². The van der Waals surface area contributed by atoms with Crippen LogP contribution in [0.25, 0.3) is 0 Å². The van der Waals surface area contributed by atoms with Crippen molar-refractivity contribution in [2.45, 2.75) is 23.8 Å². The van der Waals surface area contributed by atoms with Gasteiger partial charge in [0.2, 0.25) is 5.91 Å². The predicted octanol–water partition coefficient (Wildman–Crippen LogP) is 0.451. The third-order valence-electron chi connectivity index (χ3n) is 2.75. The van der Waals surface area contributed by atoms with E-state index >= 15 is 0 Å². The van der Waals surface area contributed by atoms with Crippen LogP contribution in [0.15, 0.2) is 35.2 Å². The molecular formula is C11H11NO5S. The fourth-order valence-corrected chi connectivity index (χ4v) is 3.51. The van der Waals surface area contributed by atoms with E-state index in [1.54, 1.807) is 6.07 Å². The zero-order valence-corrected chi connectivity index (χ0v) is 10.1.